The van der Waals surface area contributed by atoms with Gasteiger partial charge in [-0.2, -0.15) is 0 Å². The first-order valence-electron chi connectivity index (χ1n) is 6.46. The monoisotopic (exact) mass is 284 g/mol. The minimum absolute atomic E-state index is 0.189. The quantitative estimate of drug-likeness (QED) is 0.630. The molecule has 21 heavy (non-hydrogen) atoms. The van der Waals surface area contributed by atoms with Crippen LogP contribution in [0.1, 0.15) is 21.5 Å². The van der Waals surface area contributed by atoms with E-state index in [1.165, 1.54) is 30.0 Å². The first kappa shape index (κ1) is 14.7. The van der Waals surface area contributed by atoms with E-state index in [0.29, 0.717) is 11.1 Å². The van der Waals surface area contributed by atoms with Gasteiger partial charge < -0.3 is 4.57 Å². The number of aryl methyl sites for hydroxylation is 2. The molecule has 0 unspecified atom stereocenters. The SMILES string of the molecule is Cc1ccc(C(=O)/C=C/c2cn(C)c(=O)n(C)c2=O)cc1. The van der Waals surface area contributed by atoms with Crippen LogP contribution in [0.5, 0.6) is 0 Å². The molecule has 0 spiro atoms. The second kappa shape index (κ2) is 5.75. The van der Waals surface area contributed by atoms with Crippen molar-refractivity contribution in [1.29, 1.82) is 0 Å². The summed E-state index contributed by atoms with van der Waals surface area (Å²) in [6.45, 7) is 1.94. The largest absolute Gasteiger partial charge is 0.330 e. The van der Waals surface area contributed by atoms with E-state index in [0.717, 1.165) is 10.1 Å². The van der Waals surface area contributed by atoms with Crippen LogP contribution >= 0.6 is 0 Å². The molecule has 0 aliphatic rings. The van der Waals surface area contributed by atoms with Crippen molar-refractivity contribution >= 4 is 11.9 Å². The van der Waals surface area contributed by atoms with E-state index in [1.54, 1.807) is 19.2 Å². The molecule has 0 saturated carbocycles. The van der Waals surface area contributed by atoms with Gasteiger partial charge in [0, 0.05) is 25.9 Å². The standard InChI is InChI=1S/C16H16N2O3/c1-11-4-6-12(7-5-11)14(19)9-8-13-10-17(2)16(21)18(3)15(13)20/h4-10H,1-3H3/b9-8+. The Kier molecular flexibility index (Phi) is 4.03. The number of hydrogen-bond acceptors (Lipinski definition) is 3. The lowest BCUT2D eigenvalue weighted by molar-refractivity contribution is 0.104. The third-order valence-corrected chi connectivity index (χ3v) is 3.22. The number of carbonyl (C=O) groups excluding carboxylic acids is 1. The summed E-state index contributed by atoms with van der Waals surface area (Å²) in [5.74, 6) is -0.189. The Bertz CT molecular complexity index is 824. The van der Waals surface area contributed by atoms with Gasteiger partial charge in [0.15, 0.2) is 5.78 Å². The Morgan fingerprint density at radius 3 is 2.33 bits per heavy atom. The van der Waals surface area contributed by atoms with Crippen LogP contribution in [0.3, 0.4) is 0 Å². The number of ketones is 1. The summed E-state index contributed by atoms with van der Waals surface area (Å²) in [6, 6.07) is 7.18. The van der Waals surface area contributed by atoms with Gasteiger partial charge in [-0.05, 0) is 19.1 Å². The molecular weight excluding hydrogens is 268 g/mol. The van der Waals surface area contributed by atoms with E-state index >= 15 is 0 Å². The van der Waals surface area contributed by atoms with E-state index in [2.05, 4.69) is 0 Å². The lowest BCUT2D eigenvalue weighted by Gasteiger charge is -2.03. The molecule has 0 saturated heterocycles. The van der Waals surface area contributed by atoms with E-state index in [9.17, 15) is 14.4 Å². The molecule has 0 amide bonds. The molecule has 2 aromatic rings. The lowest BCUT2D eigenvalue weighted by atomic mass is 10.1. The fourth-order valence-electron chi connectivity index (χ4n) is 1.93. The Balaban J connectivity index is 2.34. The summed E-state index contributed by atoms with van der Waals surface area (Å²) < 4.78 is 2.31. The van der Waals surface area contributed by atoms with E-state index < -0.39 is 11.2 Å². The second-order valence-electron chi connectivity index (χ2n) is 4.91. The Morgan fingerprint density at radius 2 is 1.71 bits per heavy atom. The van der Waals surface area contributed by atoms with Crippen molar-refractivity contribution in [1.82, 2.24) is 9.13 Å². The van der Waals surface area contributed by atoms with Crippen LogP contribution in [0.4, 0.5) is 0 Å². The molecule has 0 fully saturated rings. The first-order valence-corrected chi connectivity index (χ1v) is 6.46. The summed E-state index contributed by atoms with van der Waals surface area (Å²) in [7, 11) is 2.96. The molecular formula is C16H16N2O3. The van der Waals surface area contributed by atoms with Gasteiger partial charge in [-0.3, -0.25) is 14.2 Å². The van der Waals surface area contributed by atoms with Crippen LogP contribution in [0.2, 0.25) is 0 Å². The molecule has 0 aliphatic carbocycles. The molecule has 108 valence electrons. The van der Waals surface area contributed by atoms with Crippen molar-refractivity contribution in [3.8, 4) is 0 Å². The third-order valence-electron chi connectivity index (χ3n) is 3.22. The zero-order valence-electron chi connectivity index (χ0n) is 12.2. The topological polar surface area (TPSA) is 61.1 Å². The van der Waals surface area contributed by atoms with E-state index in [1.807, 2.05) is 19.1 Å². The first-order chi connectivity index (χ1) is 9.90. The van der Waals surface area contributed by atoms with Gasteiger partial charge in [-0.15, -0.1) is 0 Å². The van der Waals surface area contributed by atoms with Crippen LogP contribution in [-0.4, -0.2) is 14.9 Å². The zero-order valence-corrected chi connectivity index (χ0v) is 12.2. The normalized spacial score (nSPS) is 11.0. The third kappa shape index (κ3) is 3.08. The van der Waals surface area contributed by atoms with E-state index in [-0.39, 0.29) is 5.78 Å². The summed E-state index contributed by atoms with van der Waals surface area (Å²) in [5.41, 5.74) is 1.09. The van der Waals surface area contributed by atoms with Gasteiger partial charge in [0.2, 0.25) is 0 Å². The van der Waals surface area contributed by atoms with Crippen LogP contribution in [0, 0.1) is 6.92 Å². The van der Waals surface area contributed by atoms with Crippen molar-refractivity contribution in [3.63, 3.8) is 0 Å². The number of benzene rings is 1. The number of hydrogen-bond donors (Lipinski definition) is 0. The molecule has 2 rings (SSSR count). The number of allylic oxidation sites excluding steroid dienone is 1. The molecule has 5 heteroatoms. The number of aromatic nitrogens is 2. The maximum Gasteiger partial charge on any atom is 0.330 e. The second-order valence-corrected chi connectivity index (χ2v) is 4.91. The van der Waals surface area contributed by atoms with Crippen molar-refractivity contribution in [2.45, 2.75) is 6.92 Å². The Morgan fingerprint density at radius 1 is 1.10 bits per heavy atom. The van der Waals surface area contributed by atoms with Crippen molar-refractivity contribution in [3.05, 3.63) is 74.1 Å². The molecule has 5 nitrogen and oxygen atoms in total. The summed E-state index contributed by atoms with van der Waals surface area (Å²) in [5, 5.41) is 0. The fourth-order valence-corrected chi connectivity index (χ4v) is 1.93. The van der Waals surface area contributed by atoms with Gasteiger partial charge in [-0.1, -0.05) is 29.8 Å². The average Bonchev–Trinajstić information content (AvgIpc) is 2.48. The summed E-state index contributed by atoms with van der Waals surface area (Å²) >= 11 is 0. The van der Waals surface area contributed by atoms with E-state index in [4.69, 9.17) is 0 Å². The fraction of sp³-hybridized carbons (Fsp3) is 0.188. The minimum atomic E-state index is -0.425. The predicted molar refractivity (Wildman–Crippen MR) is 81.5 cm³/mol. The van der Waals surface area contributed by atoms with Crippen LogP contribution in [0.15, 0.2) is 46.1 Å². The number of carbonyl (C=O) groups is 1. The Labute approximate surface area is 121 Å². The van der Waals surface area contributed by atoms with Gasteiger partial charge in [0.25, 0.3) is 5.56 Å². The highest BCUT2D eigenvalue weighted by Crippen LogP contribution is 2.05. The summed E-state index contributed by atoms with van der Waals surface area (Å²) in [4.78, 5) is 35.5. The molecule has 0 N–H and O–H groups in total. The average molecular weight is 284 g/mol. The van der Waals surface area contributed by atoms with Crippen molar-refractivity contribution < 1.29 is 4.79 Å². The highest BCUT2D eigenvalue weighted by atomic mass is 16.2. The maximum atomic E-state index is 12.0. The maximum absolute atomic E-state index is 12.0. The van der Waals surface area contributed by atoms with Gasteiger partial charge in [0.1, 0.15) is 0 Å². The number of nitrogens with zero attached hydrogens (tertiary/aromatic N) is 2. The highest BCUT2D eigenvalue weighted by molar-refractivity contribution is 6.06. The molecule has 0 aliphatic heterocycles. The molecule has 0 radical (unpaired) electrons. The smallest absolute Gasteiger partial charge is 0.303 e. The van der Waals surface area contributed by atoms with Crippen LogP contribution in [0.25, 0.3) is 6.08 Å². The lowest BCUT2D eigenvalue weighted by Crippen LogP contribution is -2.37. The van der Waals surface area contributed by atoms with Crippen LogP contribution < -0.4 is 11.2 Å². The molecule has 0 atom stereocenters. The Hall–Kier alpha value is -2.69. The zero-order chi connectivity index (χ0) is 15.6. The molecule has 0 bridgehead atoms. The van der Waals surface area contributed by atoms with Crippen molar-refractivity contribution in [2.75, 3.05) is 0 Å². The minimum Gasteiger partial charge on any atom is -0.303 e. The van der Waals surface area contributed by atoms with Gasteiger partial charge in [-0.25, -0.2) is 4.79 Å². The molecule has 1 aromatic heterocycles. The molecule has 1 aromatic carbocycles. The highest BCUT2D eigenvalue weighted by Gasteiger charge is 2.05. The van der Waals surface area contributed by atoms with Crippen molar-refractivity contribution in [2.24, 2.45) is 14.1 Å². The predicted octanol–water partition coefficient (Wildman–Crippen LogP) is 1.29. The summed E-state index contributed by atoms with van der Waals surface area (Å²) in [6.07, 6.45) is 4.19. The molecule has 1 heterocycles. The van der Waals surface area contributed by atoms with Gasteiger partial charge in [0.05, 0.1) is 5.56 Å². The number of rotatable bonds is 3. The van der Waals surface area contributed by atoms with Gasteiger partial charge >= 0.3 is 5.69 Å². The van der Waals surface area contributed by atoms with Crippen LogP contribution in [-0.2, 0) is 14.1 Å².